The number of pyridine rings is 1. The maximum atomic E-state index is 4.22. The number of aryl methyl sites for hydroxylation is 1. The van der Waals surface area contributed by atoms with Gasteiger partial charge in [0.25, 0.3) is 0 Å². The van der Waals surface area contributed by atoms with E-state index in [0.29, 0.717) is 0 Å². The van der Waals surface area contributed by atoms with Crippen molar-refractivity contribution in [2.75, 3.05) is 7.05 Å². The van der Waals surface area contributed by atoms with E-state index in [1.54, 1.807) is 11.3 Å². The Labute approximate surface area is 77.1 Å². The first-order valence-corrected chi connectivity index (χ1v) is 4.20. The van der Waals surface area contributed by atoms with Gasteiger partial charge in [0.15, 0.2) is 0 Å². The third-order valence-electron chi connectivity index (χ3n) is 2.06. The third-order valence-corrected chi connectivity index (χ3v) is 2.06. The monoisotopic (exact) mass is 179 g/mol. The Hall–Kier alpha value is -1.01. The predicted octanol–water partition coefficient (Wildman–Crippen LogP) is -0.152. The Morgan fingerprint density at radius 3 is 3.00 bits per heavy atom. The summed E-state index contributed by atoms with van der Waals surface area (Å²) in [5.41, 5.74) is 11.4. The van der Waals surface area contributed by atoms with Crippen LogP contribution in [-0.2, 0) is 0 Å². The minimum absolute atomic E-state index is 0.0960. The third kappa shape index (κ3) is 1.68. The lowest BCUT2D eigenvalue weighted by molar-refractivity contribution is 0.215. The summed E-state index contributed by atoms with van der Waals surface area (Å²) in [5, 5.41) is 1.77. The van der Waals surface area contributed by atoms with Gasteiger partial charge in [-0.25, -0.2) is 10.9 Å². The summed E-state index contributed by atoms with van der Waals surface area (Å²) in [6, 6.07) is 3.98. The minimum atomic E-state index is 0.0960. The Morgan fingerprint density at radius 2 is 2.38 bits per heavy atom. The molecule has 1 aliphatic heterocycles. The topological polar surface area (TPSA) is 52.2 Å². The van der Waals surface area contributed by atoms with Crippen molar-refractivity contribution < 1.29 is 0 Å². The van der Waals surface area contributed by atoms with Crippen molar-refractivity contribution in [1.82, 2.24) is 26.5 Å². The number of nitrogens with one attached hydrogen (secondary N) is 3. The molecule has 1 unspecified atom stereocenters. The Bertz CT molecular complexity index is 300. The molecule has 1 fully saturated rings. The molecular weight excluding hydrogens is 166 g/mol. The van der Waals surface area contributed by atoms with Crippen molar-refractivity contribution in [1.29, 1.82) is 0 Å². The molecule has 5 nitrogen and oxygen atoms in total. The summed E-state index contributed by atoms with van der Waals surface area (Å²) >= 11 is 0. The van der Waals surface area contributed by atoms with Crippen molar-refractivity contribution in [3.8, 4) is 0 Å². The van der Waals surface area contributed by atoms with Crippen molar-refractivity contribution in [3.05, 3.63) is 29.6 Å². The van der Waals surface area contributed by atoms with Crippen molar-refractivity contribution in [2.24, 2.45) is 0 Å². The lowest BCUT2D eigenvalue weighted by Gasteiger charge is -2.12. The molecule has 1 atom stereocenters. The van der Waals surface area contributed by atoms with Gasteiger partial charge in [-0.3, -0.25) is 4.98 Å². The van der Waals surface area contributed by atoms with Gasteiger partial charge in [0, 0.05) is 24.5 Å². The Kier molecular flexibility index (Phi) is 2.24. The van der Waals surface area contributed by atoms with Crippen LogP contribution in [0, 0.1) is 6.92 Å². The fraction of sp³-hybridized carbons (Fsp3) is 0.375. The number of aromatic nitrogens is 1. The smallest absolute Gasteiger partial charge is 0.113 e. The number of hydrazine groups is 3. The second-order valence-corrected chi connectivity index (χ2v) is 3.06. The van der Waals surface area contributed by atoms with E-state index in [-0.39, 0.29) is 6.17 Å². The Balaban J connectivity index is 2.21. The van der Waals surface area contributed by atoms with Gasteiger partial charge in [-0.15, -0.1) is 0 Å². The van der Waals surface area contributed by atoms with Crippen molar-refractivity contribution in [2.45, 2.75) is 13.1 Å². The summed E-state index contributed by atoms with van der Waals surface area (Å²) < 4.78 is 0. The first-order valence-electron chi connectivity index (χ1n) is 4.20. The van der Waals surface area contributed by atoms with E-state index in [1.165, 1.54) is 0 Å². The average molecular weight is 179 g/mol. The fourth-order valence-electron chi connectivity index (χ4n) is 1.37. The van der Waals surface area contributed by atoms with Crippen molar-refractivity contribution in [3.63, 3.8) is 0 Å². The molecule has 0 saturated carbocycles. The molecule has 0 aliphatic carbocycles. The lowest BCUT2D eigenvalue weighted by atomic mass is 10.1. The molecule has 2 heterocycles. The fourth-order valence-corrected chi connectivity index (χ4v) is 1.37. The van der Waals surface area contributed by atoms with E-state index in [9.17, 15) is 0 Å². The van der Waals surface area contributed by atoms with Gasteiger partial charge >= 0.3 is 0 Å². The molecule has 0 amide bonds. The van der Waals surface area contributed by atoms with Gasteiger partial charge < -0.3 is 0 Å². The second kappa shape index (κ2) is 3.39. The highest BCUT2D eigenvalue weighted by Gasteiger charge is 2.20. The quantitative estimate of drug-likeness (QED) is 0.559. The molecular formula is C8H13N5. The SMILES string of the molecule is Cc1ncccc1C1NNN(C)N1. The van der Waals surface area contributed by atoms with Crippen LogP contribution in [0.3, 0.4) is 0 Å². The lowest BCUT2D eigenvalue weighted by Crippen LogP contribution is -2.35. The second-order valence-electron chi connectivity index (χ2n) is 3.06. The molecule has 70 valence electrons. The van der Waals surface area contributed by atoms with Gasteiger partial charge in [0.2, 0.25) is 0 Å². The largest absolute Gasteiger partial charge is 0.261 e. The molecule has 1 aliphatic rings. The zero-order chi connectivity index (χ0) is 9.26. The summed E-state index contributed by atoms with van der Waals surface area (Å²) in [4.78, 5) is 4.22. The molecule has 1 aromatic heterocycles. The molecule has 3 N–H and O–H groups in total. The van der Waals surface area contributed by atoms with Gasteiger partial charge in [0.1, 0.15) is 6.17 Å². The molecule has 2 rings (SSSR count). The highest BCUT2D eigenvalue weighted by Crippen LogP contribution is 2.14. The van der Waals surface area contributed by atoms with E-state index < -0.39 is 0 Å². The molecule has 0 aromatic carbocycles. The van der Waals surface area contributed by atoms with Crippen LogP contribution in [0.1, 0.15) is 17.4 Å². The molecule has 0 bridgehead atoms. The zero-order valence-corrected chi connectivity index (χ0v) is 7.70. The molecule has 1 saturated heterocycles. The highest BCUT2D eigenvalue weighted by molar-refractivity contribution is 5.21. The van der Waals surface area contributed by atoms with Gasteiger partial charge in [-0.2, -0.15) is 10.7 Å². The first kappa shape index (κ1) is 8.58. The van der Waals surface area contributed by atoms with Crippen LogP contribution >= 0.6 is 0 Å². The van der Waals surface area contributed by atoms with Crippen LogP contribution in [0.15, 0.2) is 18.3 Å². The average Bonchev–Trinajstić information content (AvgIpc) is 2.53. The highest BCUT2D eigenvalue weighted by atomic mass is 15.9. The standard InChI is InChI=1S/C8H13N5/c1-6-7(4-3-5-9-6)8-10-12-13(2)11-8/h3-5,8,10-12H,1-2H3. The predicted molar refractivity (Wildman–Crippen MR) is 48.9 cm³/mol. The number of hydrogen-bond acceptors (Lipinski definition) is 5. The Morgan fingerprint density at radius 1 is 1.54 bits per heavy atom. The van der Waals surface area contributed by atoms with Gasteiger partial charge in [-0.05, 0) is 13.0 Å². The summed E-state index contributed by atoms with van der Waals surface area (Å²) in [6.07, 6.45) is 1.89. The molecule has 0 radical (unpaired) electrons. The van der Waals surface area contributed by atoms with Crippen LogP contribution < -0.4 is 16.4 Å². The number of nitrogens with zero attached hydrogens (tertiary/aromatic N) is 2. The zero-order valence-electron chi connectivity index (χ0n) is 7.70. The van der Waals surface area contributed by atoms with Crippen LogP contribution in [-0.4, -0.2) is 17.1 Å². The van der Waals surface area contributed by atoms with Crippen LogP contribution in [0.2, 0.25) is 0 Å². The summed E-state index contributed by atoms with van der Waals surface area (Å²) in [7, 11) is 1.90. The number of hydrogen-bond donors (Lipinski definition) is 3. The van der Waals surface area contributed by atoms with Crippen LogP contribution in [0.5, 0.6) is 0 Å². The number of rotatable bonds is 1. The normalized spacial score (nSPS) is 23.7. The van der Waals surface area contributed by atoms with Crippen LogP contribution in [0.25, 0.3) is 0 Å². The summed E-state index contributed by atoms with van der Waals surface area (Å²) in [5.74, 6) is 0. The first-order chi connectivity index (χ1) is 6.27. The van der Waals surface area contributed by atoms with Gasteiger partial charge in [0.05, 0.1) is 0 Å². The minimum Gasteiger partial charge on any atom is -0.261 e. The maximum absolute atomic E-state index is 4.22. The van der Waals surface area contributed by atoms with E-state index in [2.05, 4.69) is 21.4 Å². The van der Waals surface area contributed by atoms with Gasteiger partial charge in [-0.1, -0.05) is 6.07 Å². The molecule has 13 heavy (non-hydrogen) atoms. The van der Waals surface area contributed by atoms with E-state index in [1.807, 2.05) is 26.1 Å². The summed E-state index contributed by atoms with van der Waals surface area (Å²) in [6.45, 7) is 2.00. The molecule has 5 heteroatoms. The van der Waals surface area contributed by atoms with E-state index >= 15 is 0 Å². The maximum Gasteiger partial charge on any atom is 0.113 e. The molecule has 1 aromatic rings. The molecule has 0 spiro atoms. The van der Waals surface area contributed by atoms with E-state index in [4.69, 9.17) is 0 Å². The van der Waals surface area contributed by atoms with Crippen molar-refractivity contribution >= 4 is 0 Å². The van der Waals surface area contributed by atoms with Crippen LogP contribution in [0.4, 0.5) is 0 Å². The van der Waals surface area contributed by atoms with E-state index in [0.717, 1.165) is 11.3 Å².